The van der Waals surface area contributed by atoms with E-state index < -0.39 is 0 Å². The largest absolute Gasteiger partial charge is 0.491 e. The van der Waals surface area contributed by atoms with Crippen LogP contribution in [0.4, 0.5) is 5.69 Å². The molecule has 0 spiro atoms. The second kappa shape index (κ2) is 18.2. The average Bonchev–Trinajstić information content (AvgIpc) is 3.11. The van der Waals surface area contributed by atoms with Gasteiger partial charge in [-0.25, -0.2) is 0 Å². The van der Waals surface area contributed by atoms with Gasteiger partial charge >= 0.3 is 0 Å². The number of ether oxygens (including phenoxy) is 4. The number of nitrogens with zero attached hydrogens (tertiary/aromatic N) is 5. The highest BCUT2D eigenvalue weighted by molar-refractivity contribution is 5.96. The van der Waals surface area contributed by atoms with Gasteiger partial charge in [-0.1, -0.05) is 42.2 Å². The number of benzene rings is 3. The van der Waals surface area contributed by atoms with E-state index in [1.165, 1.54) is 0 Å². The number of fused-ring (bicyclic) bond motifs is 2. The zero-order valence-corrected chi connectivity index (χ0v) is 26.9. The van der Waals surface area contributed by atoms with Gasteiger partial charge in [-0.15, -0.1) is 20.4 Å². The number of hydrogen-bond acceptors (Lipinski definition) is 10. The van der Waals surface area contributed by atoms with Crippen molar-refractivity contribution in [1.29, 1.82) is 0 Å². The normalized spacial score (nSPS) is 11.7. The summed E-state index contributed by atoms with van der Waals surface area (Å²) in [5.41, 5.74) is 4.22. The molecule has 4 aromatic rings. The van der Waals surface area contributed by atoms with Crippen LogP contribution in [0.3, 0.4) is 0 Å². The summed E-state index contributed by atoms with van der Waals surface area (Å²) >= 11 is 0. The SMILES string of the molecule is Cc1nnc(-c2ccc(OCCOCCOCCOCCNC(=O)CCC(=O)N3Cc4ccccc4C#Cc4ccccc43)cc2)nn1. The Kier molecular flexibility index (Phi) is 12.9. The Morgan fingerprint density at radius 2 is 1.35 bits per heavy atom. The van der Waals surface area contributed by atoms with Crippen molar-refractivity contribution in [2.45, 2.75) is 26.3 Å². The van der Waals surface area contributed by atoms with E-state index in [-0.39, 0.29) is 24.7 Å². The number of amides is 2. The average molecular weight is 651 g/mol. The van der Waals surface area contributed by atoms with Gasteiger partial charge in [0, 0.05) is 36.1 Å². The monoisotopic (exact) mass is 650 g/mol. The lowest BCUT2D eigenvalue weighted by Crippen LogP contribution is -2.34. The molecule has 12 heteroatoms. The number of carbonyl (C=O) groups is 2. The fourth-order valence-electron chi connectivity index (χ4n) is 4.77. The third-order valence-corrected chi connectivity index (χ3v) is 7.24. The molecule has 3 aromatic carbocycles. The second-order valence-corrected chi connectivity index (χ2v) is 10.7. The quantitative estimate of drug-likeness (QED) is 0.134. The molecule has 0 saturated heterocycles. The van der Waals surface area contributed by atoms with Crippen molar-refractivity contribution in [3.05, 3.63) is 95.3 Å². The number of anilines is 1. The van der Waals surface area contributed by atoms with Gasteiger partial charge in [0.15, 0.2) is 5.82 Å². The van der Waals surface area contributed by atoms with Gasteiger partial charge in [0.05, 0.1) is 51.9 Å². The van der Waals surface area contributed by atoms with Crippen LogP contribution in [0.25, 0.3) is 11.4 Å². The summed E-state index contributed by atoms with van der Waals surface area (Å²) < 4.78 is 22.3. The maximum Gasteiger partial charge on any atom is 0.227 e. The van der Waals surface area contributed by atoms with Crippen molar-refractivity contribution in [1.82, 2.24) is 25.7 Å². The molecule has 5 rings (SSSR count). The zero-order valence-electron chi connectivity index (χ0n) is 26.9. The van der Waals surface area contributed by atoms with Crippen LogP contribution in [0.15, 0.2) is 72.8 Å². The van der Waals surface area contributed by atoms with Crippen molar-refractivity contribution in [2.24, 2.45) is 0 Å². The first kappa shape index (κ1) is 34.1. The zero-order chi connectivity index (χ0) is 33.4. The summed E-state index contributed by atoms with van der Waals surface area (Å²) in [7, 11) is 0. The van der Waals surface area contributed by atoms with Gasteiger partial charge in [0.1, 0.15) is 12.4 Å². The number of aromatic nitrogens is 4. The highest BCUT2D eigenvalue weighted by Crippen LogP contribution is 2.26. The Bertz CT molecular complexity index is 1700. The molecule has 0 radical (unpaired) electrons. The Morgan fingerprint density at radius 1 is 0.729 bits per heavy atom. The number of carbonyl (C=O) groups excluding carboxylic acids is 2. The van der Waals surface area contributed by atoms with Gasteiger partial charge in [-0.3, -0.25) is 9.59 Å². The topological polar surface area (TPSA) is 138 Å². The van der Waals surface area contributed by atoms with E-state index in [2.05, 4.69) is 37.6 Å². The molecule has 1 aliphatic rings. The van der Waals surface area contributed by atoms with Crippen molar-refractivity contribution in [3.63, 3.8) is 0 Å². The first-order valence-corrected chi connectivity index (χ1v) is 15.8. The smallest absolute Gasteiger partial charge is 0.227 e. The number of para-hydroxylation sites is 1. The summed E-state index contributed by atoms with van der Waals surface area (Å²) in [6, 6.07) is 22.8. The molecule has 0 fully saturated rings. The highest BCUT2D eigenvalue weighted by atomic mass is 16.6. The van der Waals surface area contributed by atoms with Gasteiger partial charge in [0.25, 0.3) is 0 Å². The van der Waals surface area contributed by atoms with Crippen molar-refractivity contribution in [3.8, 4) is 29.0 Å². The van der Waals surface area contributed by atoms with Crippen LogP contribution in [0.5, 0.6) is 5.75 Å². The number of hydrogen-bond donors (Lipinski definition) is 1. The molecule has 1 N–H and O–H groups in total. The second-order valence-electron chi connectivity index (χ2n) is 10.7. The third-order valence-electron chi connectivity index (χ3n) is 7.24. The summed E-state index contributed by atoms with van der Waals surface area (Å²) in [6.45, 7) is 5.34. The summed E-state index contributed by atoms with van der Waals surface area (Å²) in [5.74, 6) is 7.76. The van der Waals surface area contributed by atoms with Crippen LogP contribution in [0.1, 0.15) is 35.4 Å². The maximum atomic E-state index is 13.3. The Labute approximate surface area is 279 Å². The van der Waals surface area contributed by atoms with E-state index in [1.807, 2.05) is 72.8 Å². The summed E-state index contributed by atoms with van der Waals surface area (Å²) in [5, 5.41) is 18.7. The molecule has 0 bridgehead atoms. The molecule has 0 unspecified atom stereocenters. The molecular formula is C36H38N6O6. The van der Waals surface area contributed by atoms with Crippen LogP contribution in [0, 0.1) is 18.8 Å². The molecule has 0 atom stereocenters. The molecule has 1 aromatic heterocycles. The van der Waals surface area contributed by atoms with Crippen LogP contribution in [-0.4, -0.2) is 85.0 Å². The van der Waals surface area contributed by atoms with E-state index in [1.54, 1.807) is 11.8 Å². The molecular weight excluding hydrogens is 612 g/mol. The lowest BCUT2D eigenvalue weighted by molar-refractivity contribution is -0.125. The van der Waals surface area contributed by atoms with E-state index in [0.29, 0.717) is 76.7 Å². The molecule has 0 saturated carbocycles. The Hall–Kier alpha value is -5.22. The van der Waals surface area contributed by atoms with E-state index in [0.717, 1.165) is 27.9 Å². The minimum absolute atomic E-state index is 0.0878. The van der Waals surface area contributed by atoms with Crippen molar-refractivity contribution >= 4 is 17.5 Å². The Balaban J connectivity index is 0.873. The van der Waals surface area contributed by atoms with Crippen LogP contribution in [0.2, 0.25) is 0 Å². The molecule has 2 amide bonds. The van der Waals surface area contributed by atoms with E-state index in [9.17, 15) is 9.59 Å². The predicted octanol–water partition coefficient (Wildman–Crippen LogP) is 3.51. The minimum atomic E-state index is -0.200. The van der Waals surface area contributed by atoms with Crippen molar-refractivity contribution < 1.29 is 28.5 Å². The lowest BCUT2D eigenvalue weighted by Gasteiger charge is -2.26. The van der Waals surface area contributed by atoms with Gasteiger partial charge in [0.2, 0.25) is 17.6 Å². The predicted molar refractivity (Wildman–Crippen MR) is 178 cm³/mol. The lowest BCUT2D eigenvalue weighted by atomic mass is 10.0. The highest BCUT2D eigenvalue weighted by Gasteiger charge is 2.21. The van der Waals surface area contributed by atoms with E-state index in [4.69, 9.17) is 18.9 Å². The number of nitrogens with one attached hydrogen (secondary N) is 1. The molecule has 2 heterocycles. The van der Waals surface area contributed by atoms with Gasteiger partial charge < -0.3 is 29.2 Å². The first-order chi connectivity index (χ1) is 23.6. The minimum Gasteiger partial charge on any atom is -0.491 e. The fourth-order valence-corrected chi connectivity index (χ4v) is 4.77. The van der Waals surface area contributed by atoms with Crippen molar-refractivity contribution in [2.75, 3.05) is 57.7 Å². The molecule has 48 heavy (non-hydrogen) atoms. The van der Waals surface area contributed by atoms with Crippen LogP contribution < -0.4 is 15.0 Å². The molecule has 1 aliphatic heterocycles. The number of rotatable bonds is 17. The first-order valence-electron chi connectivity index (χ1n) is 15.8. The fraction of sp³-hybridized carbons (Fsp3) is 0.333. The maximum absolute atomic E-state index is 13.3. The Morgan fingerprint density at radius 3 is 2.10 bits per heavy atom. The summed E-state index contributed by atoms with van der Waals surface area (Å²) in [4.78, 5) is 27.4. The van der Waals surface area contributed by atoms with Crippen LogP contribution >= 0.6 is 0 Å². The standard InChI is InChI=1S/C36H38N6O6/c1-27-38-40-36(41-39-27)30-12-14-32(15-13-30)48-25-24-47-23-22-46-21-20-45-19-18-37-34(43)16-17-35(44)42-26-31-8-3-2-6-28(31)10-11-29-7-4-5-9-33(29)42/h2-9,12-15H,16-26H2,1H3,(H,37,43). The van der Waals surface area contributed by atoms with E-state index >= 15 is 0 Å². The van der Waals surface area contributed by atoms with Gasteiger partial charge in [-0.05, 0) is 55.0 Å². The number of aryl methyl sites for hydroxylation is 1. The third kappa shape index (κ3) is 10.4. The molecule has 248 valence electrons. The molecule has 12 nitrogen and oxygen atoms in total. The van der Waals surface area contributed by atoms with Gasteiger partial charge in [-0.2, -0.15) is 0 Å². The van der Waals surface area contributed by atoms with Crippen LogP contribution in [-0.2, 0) is 30.3 Å². The molecule has 0 aliphatic carbocycles. The summed E-state index contributed by atoms with van der Waals surface area (Å²) in [6.07, 6.45) is 0.177.